The zero-order valence-electron chi connectivity index (χ0n) is 8.50. The Morgan fingerprint density at radius 1 is 1.60 bits per heavy atom. The van der Waals surface area contributed by atoms with E-state index in [0.29, 0.717) is 0 Å². The van der Waals surface area contributed by atoms with Gasteiger partial charge in [0.1, 0.15) is 5.56 Å². The molecule has 0 saturated heterocycles. The first-order valence-corrected chi connectivity index (χ1v) is 5.79. The number of carboxylic acids is 1. The number of carboxylic acid groups (broad SMARTS) is 1. The van der Waals surface area contributed by atoms with Crippen LogP contribution in [0.15, 0.2) is 6.20 Å². The normalized spacial score (nSPS) is 11.4. The van der Waals surface area contributed by atoms with Gasteiger partial charge in [-0.15, -0.1) is 0 Å². The minimum absolute atomic E-state index is 0.0324. The third kappa shape index (κ3) is 2.09. The molecule has 0 unspecified atom stereocenters. The summed E-state index contributed by atoms with van der Waals surface area (Å²) in [5, 5.41) is 12.5. The second-order valence-corrected chi connectivity index (χ2v) is 5.05. The molecule has 1 aromatic rings. The SMILES string of the molecule is CN(c1c(C(=O)O)cnn1C)S(C)(=O)=O. The smallest absolute Gasteiger partial charge is 0.341 e. The molecule has 7 nitrogen and oxygen atoms in total. The maximum Gasteiger partial charge on any atom is 0.341 e. The van der Waals surface area contributed by atoms with Gasteiger partial charge in [0.15, 0.2) is 5.82 Å². The van der Waals surface area contributed by atoms with Crippen LogP contribution in [0.5, 0.6) is 0 Å². The fourth-order valence-electron chi connectivity index (χ4n) is 1.11. The van der Waals surface area contributed by atoms with Crippen LogP contribution in [0.1, 0.15) is 10.4 Å². The molecule has 0 bridgehead atoms. The number of hydrogen-bond acceptors (Lipinski definition) is 4. The van der Waals surface area contributed by atoms with Crippen molar-refractivity contribution in [2.45, 2.75) is 0 Å². The van der Waals surface area contributed by atoms with E-state index in [2.05, 4.69) is 5.10 Å². The van der Waals surface area contributed by atoms with Crippen LogP contribution < -0.4 is 4.31 Å². The minimum Gasteiger partial charge on any atom is -0.477 e. The predicted octanol–water partition coefficient (Wildman–Crippen LogP) is -0.486. The number of nitrogens with zero attached hydrogens (tertiary/aromatic N) is 3. The van der Waals surface area contributed by atoms with Gasteiger partial charge in [-0.3, -0.25) is 8.99 Å². The molecule has 0 aromatic carbocycles. The molecule has 1 rings (SSSR count). The number of sulfonamides is 1. The lowest BCUT2D eigenvalue weighted by Gasteiger charge is -2.17. The van der Waals surface area contributed by atoms with E-state index in [4.69, 9.17) is 5.11 Å². The molecule has 0 saturated carbocycles. The van der Waals surface area contributed by atoms with Crippen LogP contribution in [0.25, 0.3) is 0 Å². The number of carbonyl (C=O) groups is 1. The van der Waals surface area contributed by atoms with Crippen molar-refractivity contribution < 1.29 is 18.3 Å². The van der Waals surface area contributed by atoms with Gasteiger partial charge in [0.25, 0.3) is 0 Å². The van der Waals surface area contributed by atoms with Crippen LogP contribution in [0, 0.1) is 0 Å². The second-order valence-electron chi connectivity index (χ2n) is 3.04. The highest BCUT2D eigenvalue weighted by atomic mass is 32.2. The second kappa shape index (κ2) is 3.54. The summed E-state index contributed by atoms with van der Waals surface area (Å²) >= 11 is 0. The monoisotopic (exact) mass is 233 g/mol. The van der Waals surface area contributed by atoms with E-state index in [1.807, 2.05) is 0 Å². The van der Waals surface area contributed by atoms with Crippen LogP contribution in [-0.4, -0.2) is 42.6 Å². The summed E-state index contributed by atoms with van der Waals surface area (Å²) in [5.41, 5.74) is -0.148. The van der Waals surface area contributed by atoms with Gasteiger partial charge in [-0.1, -0.05) is 0 Å². The molecule has 1 N–H and O–H groups in total. The summed E-state index contributed by atoms with van der Waals surface area (Å²) in [6, 6.07) is 0. The molecule has 0 amide bonds. The van der Waals surface area contributed by atoms with Gasteiger partial charge >= 0.3 is 5.97 Å². The molecule has 15 heavy (non-hydrogen) atoms. The van der Waals surface area contributed by atoms with Crippen LogP contribution in [0.3, 0.4) is 0 Å². The van der Waals surface area contributed by atoms with E-state index < -0.39 is 16.0 Å². The Labute approximate surface area is 87.0 Å². The maximum absolute atomic E-state index is 11.2. The molecule has 0 fully saturated rings. The highest BCUT2D eigenvalue weighted by Crippen LogP contribution is 2.20. The molecule has 1 heterocycles. The highest BCUT2D eigenvalue weighted by Gasteiger charge is 2.23. The topological polar surface area (TPSA) is 92.5 Å². The average molecular weight is 233 g/mol. The van der Waals surface area contributed by atoms with Crippen molar-refractivity contribution in [2.75, 3.05) is 17.6 Å². The van der Waals surface area contributed by atoms with E-state index in [1.165, 1.54) is 18.8 Å². The maximum atomic E-state index is 11.2. The van der Waals surface area contributed by atoms with Crippen molar-refractivity contribution in [1.82, 2.24) is 9.78 Å². The van der Waals surface area contributed by atoms with Crippen molar-refractivity contribution in [1.29, 1.82) is 0 Å². The molecule has 8 heteroatoms. The molecule has 0 aliphatic carbocycles. The summed E-state index contributed by atoms with van der Waals surface area (Å²) in [5.74, 6) is -1.18. The van der Waals surface area contributed by atoms with Crippen molar-refractivity contribution in [3.8, 4) is 0 Å². The van der Waals surface area contributed by atoms with Gasteiger partial charge in [-0.05, 0) is 0 Å². The van der Waals surface area contributed by atoms with Crippen LogP contribution in [0.2, 0.25) is 0 Å². The molecular weight excluding hydrogens is 222 g/mol. The summed E-state index contributed by atoms with van der Waals surface area (Å²) in [6.45, 7) is 0. The largest absolute Gasteiger partial charge is 0.477 e. The fraction of sp³-hybridized carbons (Fsp3) is 0.429. The molecule has 0 spiro atoms. The van der Waals surface area contributed by atoms with Gasteiger partial charge in [0.2, 0.25) is 10.0 Å². The Balaban J connectivity index is 3.36. The van der Waals surface area contributed by atoms with Crippen LogP contribution in [0.4, 0.5) is 5.82 Å². The molecular formula is C7H11N3O4S. The first-order valence-electron chi connectivity index (χ1n) is 3.94. The van der Waals surface area contributed by atoms with Crippen molar-refractivity contribution in [2.24, 2.45) is 7.05 Å². The molecule has 0 atom stereocenters. The standard InChI is InChI=1S/C7H11N3O4S/c1-9-6(10(2)15(3,13)14)5(4-8-9)7(11)12/h4H,1-3H3,(H,11,12). The van der Waals surface area contributed by atoms with Crippen molar-refractivity contribution >= 4 is 21.8 Å². The van der Waals surface area contributed by atoms with Gasteiger partial charge in [0.05, 0.1) is 12.5 Å². The molecule has 1 aromatic heterocycles. The quantitative estimate of drug-likeness (QED) is 0.760. The zero-order chi connectivity index (χ0) is 11.8. The van der Waals surface area contributed by atoms with Crippen molar-refractivity contribution in [3.63, 3.8) is 0 Å². The number of rotatable bonds is 3. The average Bonchev–Trinajstić information content (AvgIpc) is 2.44. The molecule has 84 valence electrons. The first kappa shape index (κ1) is 11.5. The van der Waals surface area contributed by atoms with Gasteiger partial charge < -0.3 is 5.11 Å². The summed E-state index contributed by atoms with van der Waals surface area (Å²) in [6.07, 6.45) is 2.10. The third-order valence-electron chi connectivity index (χ3n) is 1.93. The Hall–Kier alpha value is -1.57. The minimum atomic E-state index is -3.50. The lowest BCUT2D eigenvalue weighted by Crippen LogP contribution is -2.28. The molecule has 0 radical (unpaired) electrons. The number of hydrogen-bond donors (Lipinski definition) is 1. The third-order valence-corrected chi connectivity index (χ3v) is 3.10. The summed E-state index contributed by atoms with van der Waals surface area (Å²) < 4.78 is 24.6. The lowest BCUT2D eigenvalue weighted by molar-refractivity contribution is 0.0697. The first-order chi connectivity index (χ1) is 6.75. The van der Waals surface area contributed by atoms with Gasteiger partial charge in [0, 0.05) is 14.1 Å². The highest BCUT2D eigenvalue weighted by molar-refractivity contribution is 7.92. The Morgan fingerprint density at radius 3 is 2.53 bits per heavy atom. The van der Waals surface area contributed by atoms with E-state index in [0.717, 1.165) is 16.8 Å². The number of anilines is 1. The zero-order valence-corrected chi connectivity index (χ0v) is 9.32. The van der Waals surface area contributed by atoms with Crippen LogP contribution in [-0.2, 0) is 17.1 Å². The van der Waals surface area contributed by atoms with Crippen LogP contribution >= 0.6 is 0 Å². The van der Waals surface area contributed by atoms with E-state index >= 15 is 0 Å². The predicted molar refractivity (Wildman–Crippen MR) is 53.4 cm³/mol. The van der Waals surface area contributed by atoms with E-state index in [1.54, 1.807) is 0 Å². The van der Waals surface area contributed by atoms with Crippen molar-refractivity contribution in [3.05, 3.63) is 11.8 Å². The van der Waals surface area contributed by atoms with E-state index in [-0.39, 0.29) is 11.4 Å². The summed E-state index contributed by atoms with van der Waals surface area (Å²) in [4.78, 5) is 10.8. The summed E-state index contributed by atoms with van der Waals surface area (Å²) in [7, 11) is -0.743. The number of aromatic nitrogens is 2. The molecule has 0 aliphatic rings. The molecule has 0 aliphatic heterocycles. The Morgan fingerprint density at radius 2 is 2.13 bits per heavy atom. The van der Waals surface area contributed by atoms with Gasteiger partial charge in [-0.25, -0.2) is 13.2 Å². The van der Waals surface area contributed by atoms with Gasteiger partial charge in [-0.2, -0.15) is 5.10 Å². The van der Waals surface area contributed by atoms with E-state index in [9.17, 15) is 13.2 Å². The number of aromatic carboxylic acids is 1. The Bertz CT molecular complexity index is 490. The Kier molecular flexibility index (Phi) is 2.71. The number of aryl methyl sites for hydroxylation is 1. The fourth-order valence-corrected chi connectivity index (χ4v) is 1.64. The lowest BCUT2D eigenvalue weighted by atomic mass is 10.3.